The zero-order valence-corrected chi connectivity index (χ0v) is 18.6. The second kappa shape index (κ2) is 9.11. The van der Waals surface area contributed by atoms with Gasteiger partial charge in [-0.1, -0.05) is 0 Å². The molecule has 0 unspecified atom stereocenters. The first-order valence-corrected chi connectivity index (χ1v) is 10.6. The van der Waals surface area contributed by atoms with Crippen molar-refractivity contribution in [3.63, 3.8) is 0 Å². The topological polar surface area (TPSA) is 118 Å². The number of aromatic amines is 1. The van der Waals surface area contributed by atoms with E-state index < -0.39 is 24.3 Å². The lowest BCUT2D eigenvalue weighted by atomic mass is 10.0. The lowest BCUT2D eigenvalue weighted by Gasteiger charge is -2.18. The van der Waals surface area contributed by atoms with Gasteiger partial charge in [0.15, 0.2) is 11.6 Å². The summed E-state index contributed by atoms with van der Waals surface area (Å²) in [5.74, 6) is 0.681. The zero-order valence-electron chi connectivity index (χ0n) is 18.6. The molecule has 0 saturated heterocycles. The molecule has 3 atom stereocenters. The highest BCUT2D eigenvalue weighted by Crippen LogP contribution is 2.38. The molecule has 0 bridgehead atoms. The summed E-state index contributed by atoms with van der Waals surface area (Å²) in [5.41, 5.74) is 3.24. The summed E-state index contributed by atoms with van der Waals surface area (Å²) in [6.45, 7) is 6.01. The van der Waals surface area contributed by atoms with Crippen LogP contribution in [0, 0.1) is 6.92 Å². The van der Waals surface area contributed by atoms with Crippen LogP contribution in [0.4, 0.5) is 20.8 Å². The summed E-state index contributed by atoms with van der Waals surface area (Å²) >= 11 is 0. The Morgan fingerprint density at radius 1 is 1.41 bits per heavy atom. The number of nitrogens with one attached hydrogen (secondary N) is 3. The number of alkyl carbamates (subject to hydrolysis) is 1. The molecule has 1 amide bonds. The molecule has 11 heteroatoms. The summed E-state index contributed by atoms with van der Waals surface area (Å²) in [5, 5.41) is 17.5. The van der Waals surface area contributed by atoms with Crippen molar-refractivity contribution in [1.29, 1.82) is 0 Å². The number of anilines is 2. The number of nitrogens with zero attached hydrogens (tertiary/aromatic N) is 4. The first kappa shape index (κ1) is 22.0. The van der Waals surface area contributed by atoms with Gasteiger partial charge in [0.1, 0.15) is 17.8 Å². The van der Waals surface area contributed by atoms with E-state index in [0.717, 1.165) is 16.8 Å². The summed E-state index contributed by atoms with van der Waals surface area (Å²) in [7, 11) is 1.62. The number of halogens is 1. The summed E-state index contributed by atoms with van der Waals surface area (Å²) in [6, 6.07) is 1.70. The Labute approximate surface area is 184 Å². The molecule has 32 heavy (non-hydrogen) atoms. The number of fused-ring (bicyclic) bond motifs is 1. The highest BCUT2D eigenvalue weighted by molar-refractivity contribution is 5.76. The van der Waals surface area contributed by atoms with Crippen molar-refractivity contribution in [2.75, 3.05) is 12.4 Å². The average Bonchev–Trinajstić information content (AvgIpc) is 3.41. The van der Waals surface area contributed by atoms with Gasteiger partial charge >= 0.3 is 6.09 Å². The van der Waals surface area contributed by atoms with Crippen molar-refractivity contribution >= 4 is 23.2 Å². The minimum absolute atomic E-state index is 0.0675. The number of aryl methyl sites for hydroxylation is 1. The van der Waals surface area contributed by atoms with Crippen molar-refractivity contribution in [2.24, 2.45) is 0 Å². The molecule has 3 aromatic rings. The van der Waals surface area contributed by atoms with E-state index in [-0.39, 0.29) is 6.04 Å². The standard InChI is InChI=1S/C21H28FN7O3/c1-11(2)24-21(30)32-16-6-5-13(18(16)22)14-9-17(27-26-14)25-20-19-12(3)15(10-31-4)28-29(19)8-7-23-20/h7-9,11,13,16,18H,5-6,10H2,1-4H3,(H,24,30)(H2,23,25,26,27)/t13-,16-,18-/m1/s1. The zero-order chi connectivity index (χ0) is 22.8. The Balaban J connectivity index is 1.48. The third-order valence-electron chi connectivity index (χ3n) is 5.57. The van der Waals surface area contributed by atoms with Gasteiger partial charge in [-0.15, -0.1) is 0 Å². The highest BCUT2D eigenvalue weighted by Gasteiger charge is 2.40. The van der Waals surface area contributed by atoms with Crippen molar-refractivity contribution in [2.45, 2.75) is 64.5 Å². The van der Waals surface area contributed by atoms with Gasteiger partial charge in [-0.05, 0) is 33.6 Å². The normalized spacial score (nSPS) is 20.8. The van der Waals surface area contributed by atoms with E-state index >= 15 is 0 Å². The monoisotopic (exact) mass is 445 g/mol. The van der Waals surface area contributed by atoms with Crippen LogP contribution in [0.3, 0.4) is 0 Å². The van der Waals surface area contributed by atoms with Gasteiger partial charge in [-0.3, -0.25) is 5.10 Å². The molecule has 1 aliphatic rings. The number of H-pyrrole nitrogens is 1. The maximum absolute atomic E-state index is 15.0. The van der Waals surface area contributed by atoms with Crippen LogP contribution in [0.25, 0.3) is 5.52 Å². The molecule has 3 N–H and O–H groups in total. The molecular weight excluding hydrogens is 417 g/mol. The summed E-state index contributed by atoms with van der Waals surface area (Å²) in [4.78, 5) is 16.3. The minimum atomic E-state index is -1.31. The number of carbonyl (C=O) groups excluding carboxylic acids is 1. The van der Waals surface area contributed by atoms with Crippen LogP contribution in [0.1, 0.15) is 49.6 Å². The largest absolute Gasteiger partial charge is 0.443 e. The molecule has 0 aromatic carbocycles. The molecule has 1 aliphatic carbocycles. The highest BCUT2D eigenvalue weighted by atomic mass is 19.1. The van der Waals surface area contributed by atoms with Crippen molar-refractivity contribution in [3.05, 3.63) is 35.4 Å². The van der Waals surface area contributed by atoms with E-state index in [9.17, 15) is 9.18 Å². The maximum Gasteiger partial charge on any atom is 0.407 e. The van der Waals surface area contributed by atoms with Crippen molar-refractivity contribution in [1.82, 2.24) is 30.1 Å². The van der Waals surface area contributed by atoms with Gasteiger partial charge in [0.2, 0.25) is 0 Å². The molecule has 1 fully saturated rings. The lowest BCUT2D eigenvalue weighted by Crippen LogP contribution is -2.36. The number of carbonyl (C=O) groups is 1. The number of methoxy groups -OCH3 is 1. The smallest absolute Gasteiger partial charge is 0.407 e. The van der Waals surface area contributed by atoms with Crippen LogP contribution in [-0.2, 0) is 16.1 Å². The Morgan fingerprint density at radius 2 is 2.22 bits per heavy atom. The molecular formula is C21H28FN7O3. The Bertz CT molecular complexity index is 1100. The Morgan fingerprint density at radius 3 is 2.97 bits per heavy atom. The molecule has 0 spiro atoms. The summed E-state index contributed by atoms with van der Waals surface area (Å²) in [6.07, 6.45) is 1.74. The Kier molecular flexibility index (Phi) is 6.26. The van der Waals surface area contributed by atoms with Gasteiger partial charge in [0.25, 0.3) is 0 Å². The summed E-state index contributed by atoms with van der Waals surface area (Å²) < 4.78 is 27.2. The van der Waals surface area contributed by atoms with Crippen LogP contribution in [-0.4, -0.2) is 56.3 Å². The first-order valence-electron chi connectivity index (χ1n) is 10.6. The predicted molar refractivity (Wildman–Crippen MR) is 116 cm³/mol. The Hall–Kier alpha value is -3.21. The molecule has 0 aliphatic heterocycles. The molecule has 4 rings (SSSR count). The number of aromatic nitrogens is 5. The van der Waals surface area contributed by atoms with Crippen molar-refractivity contribution in [3.8, 4) is 0 Å². The van der Waals surface area contributed by atoms with Crippen LogP contribution in [0.5, 0.6) is 0 Å². The van der Waals surface area contributed by atoms with E-state index in [4.69, 9.17) is 9.47 Å². The van der Waals surface area contributed by atoms with Gasteiger partial charge in [0, 0.05) is 48.8 Å². The number of ether oxygens (including phenoxy) is 2. The third kappa shape index (κ3) is 4.38. The molecule has 10 nitrogen and oxygen atoms in total. The maximum atomic E-state index is 15.0. The fourth-order valence-corrected chi connectivity index (χ4v) is 4.05. The number of alkyl halides is 1. The number of amides is 1. The van der Waals surface area contributed by atoms with Gasteiger partial charge in [-0.2, -0.15) is 10.2 Å². The predicted octanol–water partition coefficient (Wildman–Crippen LogP) is 3.37. The second-order valence-electron chi connectivity index (χ2n) is 8.28. The van der Waals surface area contributed by atoms with Gasteiger partial charge < -0.3 is 20.1 Å². The SMILES string of the molecule is COCc1nn2ccnc(Nc3cc([C@H]4CC[C@@H](OC(=O)NC(C)C)[C@@H]4F)[nH]n3)c2c1C. The molecule has 172 valence electrons. The first-order chi connectivity index (χ1) is 15.4. The number of hydrogen-bond donors (Lipinski definition) is 3. The van der Waals surface area contributed by atoms with E-state index in [0.29, 0.717) is 36.8 Å². The van der Waals surface area contributed by atoms with Gasteiger partial charge in [-0.25, -0.2) is 18.7 Å². The van der Waals surface area contributed by atoms with Gasteiger partial charge in [0.05, 0.1) is 12.3 Å². The van der Waals surface area contributed by atoms with E-state index in [1.165, 1.54) is 0 Å². The quantitative estimate of drug-likeness (QED) is 0.510. The number of hydrogen-bond acceptors (Lipinski definition) is 7. The average molecular weight is 445 g/mol. The van der Waals surface area contributed by atoms with Crippen LogP contribution < -0.4 is 10.6 Å². The van der Waals surface area contributed by atoms with Crippen LogP contribution >= 0.6 is 0 Å². The molecule has 0 radical (unpaired) electrons. The van der Waals surface area contributed by atoms with E-state index in [1.54, 1.807) is 30.1 Å². The second-order valence-corrected chi connectivity index (χ2v) is 8.28. The van der Waals surface area contributed by atoms with E-state index in [1.807, 2.05) is 20.8 Å². The molecule has 3 aromatic heterocycles. The third-order valence-corrected chi connectivity index (χ3v) is 5.57. The lowest BCUT2D eigenvalue weighted by molar-refractivity contribution is 0.0555. The molecule has 3 heterocycles. The van der Waals surface area contributed by atoms with Crippen molar-refractivity contribution < 1.29 is 18.7 Å². The van der Waals surface area contributed by atoms with Crippen LogP contribution in [0.15, 0.2) is 18.5 Å². The fourth-order valence-electron chi connectivity index (χ4n) is 4.05. The molecule has 1 saturated carbocycles. The number of rotatable bonds is 7. The van der Waals surface area contributed by atoms with Crippen LogP contribution in [0.2, 0.25) is 0 Å². The fraction of sp³-hybridized carbons (Fsp3) is 0.524. The minimum Gasteiger partial charge on any atom is -0.443 e. The van der Waals surface area contributed by atoms with E-state index in [2.05, 4.69) is 30.9 Å².